The van der Waals surface area contributed by atoms with Crippen molar-refractivity contribution in [3.8, 4) is 80.3 Å². The van der Waals surface area contributed by atoms with Gasteiger partial charge < -0.3 is 34.5 Å². The molecular formula is C71H62N22O4. The van der Waals surface area contributed by atoms with Gasteiger partial charge in [-0.1, -0.05) is 140 Å². The number of carboxylic acids is 1. The van der Waals surface area contributed by atoms with Gasteiger partial charge in [0.25, 0.3) is 0 Å². The van der Waals surface area contributed by atoms with Crippen LogP contribution < -0.4 is 9.47 Å². The molecule has 17 rings (SSSR count). The van der Waals surface area contributed by atoms with Crippen molar-refractivity contribution < 1.29 is 19.4 Å². The Kier molecular flexibility index (Phi) is 12.1. The van der Waals surface area contributed by atoms with E-state index in [-0.39, 0.29) is 131 Å². The predicted molar refractivity (Wildman–Crippen MR) is 365 cm³/mol. The maximum absolute atomic E-state index is 12.5. The fourth-order valence-electron chi connectivity index (χ4n) is 12.1. The quantitative estimate of drug-likeness (QED) is 0.102. The van der Waals surface area contributed by atoms with E-state index in [1.54, 1.807) is 12.4 Å². The third-order valence-corrected chi connectivity index (χ3v) is 17.7. The minimum atomic E-state index is -1.30. The summed E-state index contributed by atoms with van der Waals surface area (Å²) in [6, 6.07) is 19.0. The van der Waals surface area contributed by atoms with Gasteiger partial charge >= 0.3 is 5.97 Å². The Hall–Kier alpha value is -11.8. The number of nitrogens with zero attached hydrogens (tertiary/aromatic N) is 18. The van der Waals surface area contributed by atoms with Crippen LogP contribution in [-0.2, 0) is 27.1 Å². The Balaban J connectivity index is 0.974. The van der Waals surface area contributed by atoms with Crippen LogP contribution in [0.2, 0.25) is 0 Å². The highest BCUT2D eigenvalue weighted by Gasteiger charge is 2.39. The van der Waals surface area contributed by atoms with E-state index in [2.05, 4.69) is 141 Å². The monoisotopic (exact) mass is 1290 g/mol. The van der Waals surface area contributed by atoms with Crippen LogP contribution in [0.1, 0.15) is 154 Å². The van der Waals surface area contributed by atoms with Crippen LogP contribution in [0.4, 0.5) is 0 Å². The van der Waals surface area contributed by atoms with Gasteiger partial charge in [0.05, 0.1) is 17.6 Å². The minimum absolute atomic E-state index is 0.0618. The molecule has 0 fully saturated rings. The van der Waals surface area contributed by atoms with Crippen molar-refractivity contribution in [1.29, 1.82) is 0 Å². The summed E-state index contributed by atoms with van der Waals surface area (Å²) in [7, 11) is 0. The van der Waals surface area contributed by atoms with Gasteiger partial charge in [0.1, 0.15) is 56.4 Å². The van der Waals surface area contributed by atoms with Gasteiger partial charge in [-0.15, -0.1) is 0 Å². The zero-order valence-corrected chi connectivity index (χ0v) is 55.7. The number of ether oxygens (including phenoxy) is 2. The molecule has 3 aromatic carbocycles. The molecule has 0 aliphatic carbocycles. The molecule has 0 saturated heterocycles. The average molecular weight is 1290 g/mol. The van der Waals surface area contributed by atoms with Crippen LogP contribution in [0.3, 0.4) is 0 Å². The number of H-pyrrole nitrogens is 4. The second-order valence-corrected chi connectivity index (χ2v) is 29.9. The van der Waals surface area contributed by atoms with E-state index in [0.29, 0.717) is 51.3 Å². The van der Waals surface area contributed by atoms with Gasteiger partial charge in [-0.2, -0.15) is 0 Å². The molecular weight excluding hydrogens is 1220 g/mol. The lowest BCUT2D eigenvalue weighted by Gasteiger charge is -2.19. The zero-order valence-electron chi connectivity index (χ0n) is 55.7. The van der Waals surface area contributed by atoms with Crippen molar-refractivity contribution >= 4 is 95.2 Å². The molecule has 12 aromatic rings. The van der Waals surface area contributed by atoms with Gasteiger partial charge in [0.2, 0.25) is 34.7 Å². The normalized spacial score (nSPS) is 13.7. The third-order valence-electron chi connectivity index (χ3n) is 17.7. The number of aromatic nitrogens is 22. The summed E-state index contributed by atoms with van der Waals surface area (Å²) in [5.41, 5.74) is 7.93. The Labute approximate surface area is 551 Å². The summed E-state index contributed by atoms with van der Waals surface area (Å²) in [4.78, 5) is 118. The zero-order chi connectivity index (χ0) is 67.5. The van der Waals surface area contributed by atoms with E-state index in [1.807, 2.05) is 47.6 Å². The van der Waals surface area contributed by atoms with Crippen molar-refractivity contribution in [2.75, 3.05) is 0 Å². The lowest BCUT2D eigenvalue weighted by atomic mass is 9.85. The van der Waals surface area contributed by atoms with E-state index in [1.165, 1.54) is 0 Å². The highest BCUT2D eigenvalue weighted by Crippen LogP contribution is 2.49. The topological polar surface area (TPSA) is 351 Å². The summed E-state index contributed by atoms with van der Waals surface area (Å²) in [5.74, 6) is 0.510. The van der Waals surface area contributed by atoms with Gasteiger partial charge in [-0.25, -0.2) is 94.5 Å². The molecule has 5 N–H and O–H groups in total. The Morgan fingerprint density at radius 3 is 1.21 bits per heavy atom. The van der Waals surface area contributed by atoms with Crippen LogP contribution in [0.5, 0.6) is 11.5 Å². The lowest BCUT2D eigenvalue weighted by Crippen LogP contribution is -2.14. The number of aromatic carboxylic acids is 1. The first-order chi connectivity index (χ1) is 45.9. The second-order valence-electron chi connectivity index (χ2n) is 29.9. The fourth-order valence-corrected chi connectivity index (χ4v) is 12.1. The predicted octanol–water partition coefficient (Wildman–Crippen LogP) is 13.4. The first-order valence-electron chi connectivity index (χ1n) is 31.7. The first-order valence-corrected chi connectivity index (χ1v) is 31.7. The molecule has 0 saturated carbocycles. The maximum atomic E-state index is 12.5. The molecule has 26 nitrogen and oxygen atoms in total. The third kappa shape index (κ3) is 9.53. The van der Waals surface area contributed by atoms with Crippen molar-refractivity contribution in [3.05, 3.63) is 119 Å². The van der Waals surface area contributed by atoms with Crippen LogP contribution in [0, 0.1) is 0 Å². The number of nitrogens with one attached hydrogen (secondary N) is 4. The first kappa shape index (κ1) is 59.0. The standard InChI is InChI=1S/C71H62N22O4/c1-67(2,3)28-16-19-31-34(22-28)53-78-50(31)79-54-35-23-29(68(4,5)6)18-21-33(35)52(82-54)83-62-46-47(63(92-62)84-55-36-24-30(69(7,8)9)17-20-32(36)51(80-53)81-55)97-48-49(96-46)65-91-61-45-41(73-26-39(77-45)71(13,14)15)57(88-61)86-59-43-40(72-25-37(75-43)66(94)95)56(85-59)87-60-44-42(58(89-60)90-64(48)93-65)74-27-38(76-44)70(10,11)12/h16-27H,1-15H3,(H,94,95)(H2,78,79,80,81,82,83,84,92)(H2,85,86,87,88,89,90,91,93). The van der Waals surface area contributed by atoms with Gasteiger partial charge in [-0.3, -0.25) is 0 Å². The van der Waals surface area contributed by atoms with Crippen LogP contribution in [0.15, 0.2) is 73.2 Å². The molecule has 16 bridgehead atoms. The van der Waals surface area contributed by atoms with E-state index < -0.39 is 16.8 Å². The Bertz CT molecular complexity index is 5980. The van der Waals surface area contributed by atoms with Crippen molar-refractivity contribution in [2.45, 2.75) is 131 Å². The number of carbonyl (C=O) groups is 1. The molecule has 5 aliphatic rings. The number of carboxylic acid groups (broad SMARTS) is 1. The lowest BCUT2D eigenvalue weighted by molar-refractivity contribution is 0.0690. The number of rotatable bonds is 1. The summed E-state index contributed by atoms with van der Waals surface area (Å²) in [6.45, 7) is 31.7. The van der Waals surface area contributed by atoms with Crippen molar-refractivity contribution in [1.82, 2.24) is 110 Å². The average Bonchev–Trinajstić information content (AvgIpc) is 1.57. The number of hydrogen-bond donors (Lipinski definition) is 5. The number of benzene rings is 3. The molecule has 0 amide bonds. The van der Waals surface area contributed by atoms with E-state index in [9.17, 15) is 9.90 Å². The maximum Gasteiger partial charge on any atom is 0.356 e. The summed E-state index contributed by atoms with van der Waals surface area (Å²) in [6.07, 6.45) is 4.50. The molecule has 9 aromatic heterocycles. The van der Waals surface area contributed by atoms with Crippen molar-refractivity contribution in [2.24, 2.45) is 0 Å². The molecule has 0 unspecified atom stereocenters. The highest BCUT2D eigenvalue weighted by atomic mass is 16.6. The molecule has 97 heavy (non-hydrogen) atoms. The van der Waals surface area contributed by atoms with Crippen molar-refractivity contribution in [3.63, 3.8) is 0 Å². The van der Waals surface area contributed by atoms with Crippen LogP contribution in [0.25, 0.3) is 158 Å². The van der Waals surface area contributed by atoms with Gasteiger partial charge in [0, 0.05) is 55.9 Å². The van der Waals surface area contributed by atoms with Gasteiger partial charge in [0.15, 0.2) is 63.2 Å². The fraction of sp³-hybridized carbons (Fsp3) is 0.282. The number of aromatic amines is 4. The molecule has 5 aliphatic heterocycles. The Morgan fingerprint density at radius 2 is 0.722 bits per heavy atom. The molecule has 0 atom stereocenters. The largest absolute Gasteiger partial charge is 0.476 e. The van der Waals surface area contributed by atoms with Crippen LogP contribution in [-0.4, -0.2) is 121 Å². The minimum Gasteiger partial charge on any atom is -0.476 e. The summed E-state index contributed by atoms with van der Waals surface area (Å²) < 4.78 is 14.5. The molecule has 480 valence electrons. The second kappa shape index (κ2) is 19.9. The van der Waals surface area contributed by atoms with E-state index >= 15 is 0 Å². The highest BCUT2D eigenvalue weighted by molar-refractivity contribution is 6.07. The number of fused-ring (bicyclic) bond motifs is 39. The molecule has 0 radical (unpaired) electrons. The summed E-state index contributed by atoms with van der Waals surface area (Å²) in [5, 5.41) is 13.3. The van der Waals surface area contributed by atoms with Gasteiger partial charge in [-0.05, 0) is 51.1 Å². The SMILES string of the molecule is CC(C)(C)c1ccc2c(c1)-c1nc-2nc2[nH]c(nc3nc(nc4[nH]c(n1)c1ccc(C(C)(C)C)cc41)C1=C3Oc3c(c4nc5nc(nc6[nH]c(nc7nc(nc3[nH]4)-c3nc(C(C)(C)C)cnc3-7)c3nc(C(=O)O)cnc63)-c3nc(C(C)(C)C)cnc3-5)O1)c1ccc(C(C)(C)C)cc21. The van der Waals surface area contributed by atoms with E-state index in [0.717, 1.165) is 55.6 Å². The number of hydrogen-bond acceptors (Lipinski definition) is 21. The summed E-state index contributed by atoms with van der Waals surface area (Å²) >= 11 is 0. The smallest absolute Gasteiger partial charge is 0.356 e. The van der Waals surface area contributed by atoms with Crippen LogP contribution >= 0.6 is 0 Å². The van der Waals surface area contributed by atoms with E-state index in [4.69, 9.17) is 89.2 Å². The molecule has 0 spiro atoms. The molecule has 26 heteroatoms. The Morgan fingerprint density at radius 1 is 0.340 bits per heavy atom. The molecule has 14 heterocycles.